The molecule has 2 rings (SSSR count). The number of nitrogens with zero attached hydrogens (tertiary/aromatic N) is 2. The number of rotatable bonds is 5. The van der Waals surface area contributed by atoms with Crippen molar-refractivity contribution in [3.63, 3.8) is 0 Å². The second-order valence-corrected chi connectivity index (χ2v) is 8.44. The lowest BCUT2D eigenvalue weighted by molar-refractivity contribution is -0.895. The molecule has 8 nitrogen and oxygen atoms in total. The summed E-state index contributed by atoms with van der Waals surface area (Å²) in [6.07, 6.45) is 0. The van der Waals surface area contributed by atoms with E-state index in [0.29, 0.717) is 25.3 Å². The van der Waals surface area contributed by atoms with Crippen LogP contribution in [0.15, 0.2) is 29.2 Å². The van der Waals surface area contributed by atoms with Crippen LogP contribution in [0.1, 0.15) is 6.92 Å². The van der Waals surface area contributed by atoms with Crippen LogP contribution in [0.4, 0.5) is 5.69 Å². The van der Waals surface area contributed by atoms with Gasteiger partial charge in [0.2, 0.25) is 15.9 Å². The van der Waals surface area contributed by atoms with E-state index in [4.69, 9.17) is 0 Å². The molecule has 25 heavy (non-hydrogen) atoms. The Bertz CT molecular complexity index is 723. The van der Waals surface area contributed by atoms with E-state index in [1.54, 1.807) is 24.0 Å². The molecule has 1 aromatic rings. The van der Waals surface area contributed by atoms with Gasteiger partial charge in [0, 0.05) is 26.7 Å². The third-order valence-corrected chi connectivity index (χ3v) is 6.07. The summed E-state index contributed by atoms with van der Waals surface area (Å²) >= 11 is 0. The highest BCUT2D eigenvalue weighted by Gasteiger charge is 2.23. The summed E-state index contributed by atoms with van der Waals surface area (Å²) in [5.74, 6) is -0.0641. The van der Waals surface area contributed by atoms with Gasteiger partial charge in [0.25, 0.3) is 5.91 Å². The molecule has 1 aromatic carbocycles. The van der Waals surface area contributed by atoms with Crippen LogP contribution in [0.25, 0.3) is 0 Å². The normalized spacial score (nSPS) is 16.1. The molecule has 9 heteroatoms. The number of amides is 2. The maximum Gasteiger partial charge on any atom is 0.279 e. The molecule has 0 saturated carbocycles. The monoisotopic (exact) mass is 369 g/mol. The summed E-state index contributed by atoms with van der Waals surface area (Å²) < 4.78 is 25.2. The predicted molar refractivity (Wildman–Crippen MR) is 93.8 cm³/mol. The lowest BCUT2D eigenvalue weighted by Crippen LogP contribution is -3.15. The first kappa shape index (κ1) is 19.4. The fraction of sp³-hybridized carbons (Fsp3) is 0.500. The average molecular weight is 369 g/mol. The van der Waals surface area contributed by atoms with Crippen molar-refractivity contribution in [3.05, 3.63) is 24.3 Å². The Kier molecular flexibility index (Phi) is 6.15. The number of anilines is 1. The molecule has 1 aliphatic rings. The Hall–Kier alpha value is -1.97. The van der Waals surface area contributed by atoms with Crippen LogP contribution in [0.5, 0.6) is 0 Å². The van der Waals surface area contributed by atoms with Crippen LogP contribution < -0.4 is 10.2 Å². The Morgan fingerprint density at radius 1 is 1.16 bits per heavy atom. The molecule has 1 fully saturated rings. The van der Waals surface area contributed by atoms with E-state index in [1.165, 1.54) is 26.2 Å². The number of carbonyl (C=O) groups is 2. The minimum Gasteiger partial charge on any atom is -0.332 e. The number of nitrogens with one attached hydrogen (secondary N) is 2. The third kappa shape index (κ3) is 5.00. The standard InChI is InChI=1S/C16H24N4O4S/c1-13(21)20-10-8-19(9-11-20)12-16(22)17-14-4-6-15(7-5-14)25(23,24)18(2)3/h4-7H,8-12H2,1-3H3,(H,17,22)/p+1. The number of piperazine rings is 1. The van der Waals surface area contributed by atoms with Gasteiger partial charge in [-0.2, -0.15) is 0 Å². The molecule has 0 aromatic heterocycles. The first-order chi connectivity index (χ1) is 11.7. The first-order valence-electron chi connectivity index (χ1n) is 8.11. The van der Waals surface area contributed by atoms with Gasteiger partial charge in [-0.3, -0.25) is 9.59 Å². The van der Waals surface area contributed by atoms with Gasteiger partial charge in [-0.25, -0.2) is 12.7 Å². The Balaban J connectivity index is 1.88. The minimum atomic E-state index is -3.47. The van der Waals surface area contributed by atoms with E-state index >= 15 is 0 Å². The fourth-order valence-electron chi connectivity index (χ4n) is 2.67. The minimum absolute atomic E-state index is 0.0660. The molecule has 0 atom stereocenters. The maximum atomic E-state index is 12.1. The molecule has 2 amide bonds. The Morgan fingerprint density at radius 2 is 1.72 bits per heavy atom. The highest BCUT2D eigenvalue weighted by molar-refractivity contribution is 7.89. The van der Waals surface area contributed by atoms with Crippen molar-refractivity contribution in [2.24, 2.45) is 0 Å². The summed E-state index contributed by atoms with van der Waals surface area (Å²) in [6.45, 7) is 4.69. The Labute approximate surface area is 148 Å². The van der Waals surface area contributed by atoms with Gasteiger partial charge in [-0.05, 0) is 24.3 Å². The van der Waals surface area contributed by atoms with Gasteiger partial charge in [0.1, 0.15) is 0 Å². The van der Waals surface area contributed by atoms with Crippen molar-refractivity contribution in [1.29, 1.82) is 0 Å². The average Bonchev–Trinajstić information content (AvgIpc) is 2.55. The van der Waals surface area contributed by atoms with Crippen molar-refractivity contribution in [1.82, 2.24) is 9.21 Å². The van der Waals surface area contributed by atoms with Crippen LogP contribution in [0.3, 0.4) is 0 Å². The van der Waals surface area contributed by atoms with Gasteiger partial charge in [0.05, 0.1) is 31.1 Å². The van der Waals surface area contributed by atoms with Crippen LogP contribution in [-0.4, -0.2) is 76.3 Å². The molecule has 0 radical (unpaired) electrons. The number of quaternary nitrogens is 1. The molecule has 138 valence electrons. The second kappa shape index (κ2) is 7.94. The van der Waals surface area contributed by atoms with Crippen molar-refractivity contribution in [2.45, 2.75) is 11.8 Å². The molecule has 1 heterocycles. The van der Waals surface area contributed by atoms with Crippen LogP contribution in [0.2, 0.25) is 0 Å². The van der Waals surface area contributed by atoms with E-state index in [0.717, 1.165) is 22.3 Å². The SMILES string of the molecule is CC(=O)N1CC[NH+](CC(=O)Nc2ccc(S(=O)(=O)N(C)C)cc2)CC1. The van der Waals surface area contributed by atoms with Crippen molar-refractivity contribution >= 4 is 27.5 Å². The summed E-state index contributed by atoms with van der Waals surface area (Å²) in [5, 5.41) is 2.78. The van der Waals surface area contributed by atoms with Gasteiger partial charge in [0.15, 0.2) is 6.54 Å². The molecule has 0 bridgehead atoms. The zero-order valence-corrected chi connectivity index (χ0v) is 15.6. The van der Waals surface area contributed by atoms with Crippen molar-refractivity contribution < 1.29 is 22.9 Å². The quantitative estimate of drug-likeness (QED) is 0.670. The number of benzene rings is 1. The van der Waals surface area contributed by atoms with Gasteiger partial charge in [-0.1, -0.05) is 0 Å². The number of carbonyl (C=O) groups excluding carboxylic acids is 2. The zero-order chi connectivity index (χ0) is 18.6. The van der Waals surface area contributed by atoms with Crippen molar-refractivity contribution in [3.8, 4) is 0 Å². The molecule has 0 unspecified atom stereocenters. The highest BCUT2D eigenvalue weighted by atomic mass is 32.2. The first-order valence-corrected chi connectivity index (χ1v) is 9.55. The molecule has 0 aliphatic carbocycles. The summed E-state index contributed by atoms with van der Waals surface area (Å²) in [7, 11) is -0.529. The smallest absolute Gasteiger partial charge is 0.279 e. The fourth-order valence-corrected chi connectivity index (χ4v) is 3.57. The predicted octanol–water partition coefficient (Wildman–Crippen LogP) is -1.38. The van der Waals surface area contributed by atoms with E-state index in [9.17, 15) is 18.0 Å². The number of hydrogen-bond acceptors (Lipinski definition) is 4. The van der Waals surface area contributed by atoms with Gasteiger partial charge >= 0.3 is 0 Å². The summed E-state index contributed by atoms with van der Waals surface area (Å²) in [5.41, 5.74) is 0.560. The number of sulfonamides is 1. The molecule has 1 saturated heterocycles. The zero-order valence-electron chi connectivity index (χ0n) is 14.8. The summed E-state index contributed by atoms with van der Waals surface area (Å²) in [6, 6.07) is 6.11. The van der Waals surface area contributed by atoms with Crippen molar-refractivity contribution in [2.75, 3.05) is 52.1 Å². The third-order valence-electron chi connectivity index (χ3n) is 4.24. The van der Waals surface area contributed by atoms with E-state index in [2.05, 4.69) is 5.32 Å². The molecule has 2 N–H and O–H groups in total. The molecular weight excluding hydrogens is 344 g/mol. The van der Waals surface area contributed by atoms with Crippen LogP contribution in [-0.2, 0) is 19.6 Å². The van der Waals surface area contributed by atoms with Gasteiger partial charge < -0.3 is 15.1 Å². The Morgan fingerprint density at radius 3 is 2.20 bits per heavy atom. The lowest BCUT2D eigenvalue weighted by Gasteiger charge is -2.31. The molecule has 1 aliphatic heterocycles. The molecule has 0 spiro atoms. The lowest BCUT2D eigenvalue weighted by atomic mass is 10.3. The van der Waals surface area contributed by atoms with Crippen LogP contribution >= 0.6 is 0 Å². The highest BCUT2D eigenvalue weighted by Crippen LogP contribution is 2.16. The largest absolute Gasteiger partial charge is 0.332 e. The summed E-state index contributed by atoms with van der Waals surface area (Å²) in [4.78, 5) is 26.5. The van der Waals surface area contributed by atoms with E-state index in [1.807, 2.05) is 0 Å². The number of hydrogen-bond donors (Lipinski definition) is 2. The topological polar surface area (TPSA) is 91.2 Å². The van der Waals surface area contributed by atoms with Gasteiger partial charge in [-0.15, -0.1) is 0 Å². The van der Waals surface area contributed by atoms with E-state index < -0.39 is 10.0 Å². The van der Waals surface area contributed by atoms with Crippen LogP contribution in [0, 0.1) is 0 Å². The maximum absolute atomic E-state index is 12.1. The van der Waals surface area contributed by atoms with E-state index in [-0.39, 0.29) is 16.7 Å². The molecular formula is C16H25N4O4S+. The second-order valence-electron chi connectivity index (χ2n) is 6.29.